The number of isothiocyanates is 2. The molecule has 0 radical (unpaired) electrons. The van der Waals surface area contributed by atoms with Gasteiger partial charge in [0.05, 0.1) is 22.8 Å². The van der Waals surface area contributed by atoms with Gasteiger partial charge in [-0.1, -0.05) is 36.6 Å². The predicted octanol–water partition coefficient (Wildman–Crippen LogP) is 6.22. The normalized spacial score (nSPS) is 8.30. The second-order valence-corrected chi connectivity index (χ2v) is 6.41. The maximum absolute atomic E-state index is 7.13. The third-order valence-corrected chi connectivity index (χ3v) is 3.69. The van der Waals surface area contributed by atoms with Gasteiger partial charge in [0.2, 0.25) is 0 Å². The van der Waals surface area contributed by atoms with Crippen molar-refractivity contribution in [3.63, 3.8) is 0 Å². The van der Waals surface area contributed by atoms with E-state index >= 15 is 0 Å². The quantitative estimate of drug-likeness (QED) is 0.165. The third kappa shape index (κ3) is 12.4. The molecule has 4 heterocycles. The summed E-state index contributed by atoms with van der Waals surface area (Å²) in [6.07, 6.45) is 7.16. The molecule has 0 spiro atoms. The molecule has 0 aliphatic rings. The summed E-state index contributed by atoms with van der Waals surface area (Å²) >= 11 is 7.40. The van der Waals surface area contributed by atoms with Gasteiger partial charge in [-0.2, -0.15) is 10.3 Å². The standard InChI is InChI=1S/C12H12N2.C10H8N2.2CNS.Ru/c1-9-3-5-13-11(7-9)12-8-10(2)4-6-14-12;1-3-7-11-9(5-1)10-6-2-4-8-12-10;2*2-1-3;/h3-8H,1-2H3;1-8H;;;/q;;2*-1;+2. The largest absolute Gasteiger partial charge is 2.00 e. The van der Waals surface area contributed by atoms with Gasteiger partial charge >= 0.3 is 19.5 Å². The van der Waals surface area contributed by atoms with Crippen molar-refractivity contribution in [2.24, 2.45) is 0 Å². The number of aromatic nitrogens is 4. The van der Waals surface area contributed by atoms with Crippen molar-refractivity contribution in [1.29, 1.82) is 0 Å². The Hall–Kier alpha value is -3.18. The van der Waals surface area contributed by atoms with Crippen LogP contribution in [0.15, 0.2) is 85.5 Å². The topological polar surface area (TPSA) is 96.2 Å². The minimum absolute atomic E-state index is 0. The molecular formula is C24H20N6RuS2. The molecule has 0 unspecified atom stereocenters. The van der Waals surface area contributed by atoms with Crippen LogP contribution in [0, 0.1) is 13.8 Å². The van der Waals surface area contributed by atoms with Crippen LogP contribution in [0.1, 0.15) is 11.1 Å². The first-order valence-electron chi connectivity index (χ1n) is 9.26. The van der Waals surface area contributed by atoms with Gasteiger partial charge in [-0.15, -0.1) is 0 Å². The fourth-order valence-corrected chi connectivity index (χ4v) is 2.38. The van der Waals surface area contributed by atoms with Crippen LogP contribution in [0.3, 0.4) is 0 Å². The predicted molar refractivity (Wildman–Crippen MR) is 136 cm³/mol. The van der Waals surface area contributed by atoms with Crippen LogP contribution in [0.4, 0.5) is 0 Å². The van der Waals surface area contributed by atoms with Gasteiger partial charge in [0.15, 0.2) is 0 Å². The summed E-state index contributed by atoms with van der Waals surface area (Å²) in [5.74, 6) is 0. The molecular weight excluding hydrogens is 538 g/mol. The fourth-order valence-electron chi connectivity index (χ4n) is 2.38. The number of aryl methyl sites for hydroxylation is 2. The summed E-state index contributed by atoms with van der Waals surface area (Å²) in [5, 5.41) is 16.9. The Morgan fingerprint density at radius 3 is 1.18 bits per heavy atom. The van der Waals surface area contributed by atoms with Crippen molar-refractivity contribution in [3.05, 3.63) is 107 Å². The van der Waals surface area contributed by atoms with Crippen LogP contribution >= 0.6 is 24.4 Å². The van der Waals surface area contributed by atoms with Gasteiger partial charge in [0, 0.05) is 24.8 Å². The second kappa shape index (κ2) is 18.4. The Morgan fingerprint density at radius 2 is 0.909 bits per heavy atom. The Morgan fingerprint density at radius 1 is 0.576 bits per heavy atom. The Labute approximate surface area is 217 Å². The van der Waals surface area contributed by atoms with Gasteiger partial charge in [0.1, 0.15) is 0 Å². The number of rotatable bonds is 2. The van der Waals surface area contributed by atoms with Crippen LogP contribution in [-0.4, -0.2) is 30.3 Å². The van der Waals surface area contributed by atoms with Crippen LogP contribution in [-0.2, 0) is 19.5 Å². The molecule has 0 aromatic carbocycles. The molecule has 0 aliphatic carbocycles. The zero-order valence-electron chi connectivity index (χ0n) is 17.9. The van der Waals surface area contributed by atoms with Crippen molar-refractivity contribution in [2.45, 2.75) is 13.8 Å². The Kier molecular flexibility index (Phi) is 16.6. The van der Waals surface area contributed by atoms with Crippen LogP contribution in [0.2, 0.25) is 0 Å². The average Bonchev–Trinajstić information content (AvgIpc) is 2.82. The van der Waals surface area contributed by atoms with E-state index in [0.717, 1.165) is 22.8 Å². The van der Waals surface area contributed by atoms with Gasteiger partial charge in [0.25, 0.3) is 0 Å². The number of hydrogen-bond donors (Lipinski definition) is 0. The van der Waals surface area contributed by atoms with Crippen molar-refractivity contribution >= 4 is 34.8 Å². The summed E-state index contributed by atoms with van der Waals surface area (Å²) in [5.41, 5.74) is 6.12. The molecule has 0 atom stereocenters. The Balaban J connectivity index is 0.000000493. The van der Waals surface area contributed by atoms with Crippen molar-refractivity contribution in [1.82, 2.24) is 19.9 Å². The Bertz CT molecular complexity index is 1050. The molecule has 0 N–H and O–H groups in total. The molecule has 6 nitrogen and oxygen atoms in total. The van der Waals surface area contributed by atoms with Crippen LogP contribution < -0.4 is 0 Å². The van der Waals surface area contributed by atoms with Crippen LogP contribution in [0.25, 0.3) is 33.6 Å². The van der Waals surface area contributed by atoms with E-state index in [1.165, 1.54) is 21.4 Å². The third-order valence-electron chi connectivity index (χ3n) is 3.69. The fraction of sp³-hybridized carbons (Fsp3) is 0.0833. The van der Waals surface area contributed by atoms with Gasteiger partial charge in [-0.25, -0.2) is 0 Å². The number of hydrogen-bond acceptors (Lipinski definition) is 6. The minimum atomic E-state index is 0. The van der Waals surface area contributed by atoms with E-state index in [1.807, 2.05) is 73.1 Å². The number of pyridine rings is 4. The molecule has 33 heavy (non-hydrogen) atoms. The van der Waals surface area contributed by atoms with E-state index < -0.39 is 0 Å². The molecule has 4 rings (SSSR count). The summed E-state index contributed by atoms with van der Waals surface area (Å²) < 4.78 is 0. The molecule has 0 fully saturated rings. The number of nitrogens with zero attached hydrogens (tertiary/aromatic N) is 6. The first-order valence-corrected chi connectivity index (χ1v) is 10.1. The second-order valence-electron chi connectivity index (χ2n) is 6.05. The van der Waals surface area contributed by atoms with E-state index in [9.17, 15) is 0 Å². The zero-order valence-corrected chi connectivity index (χ0v) is 21.3. The first-order chi connectivity index (χ1) is 15.5. The summed E-state index contributed by atoms with van der Waals surface area (Å²) in [4.78, 5) is 16.9. The van der Waals surface area contributed by atoms with Gasteiger partial charge in [-0.3, -0.25) is 19.9 Å². The molecule has 4 aromatic heterocycles. The van der Waals surface area contributed by atoms with E-state index in [2.05, 4.69) is 58.2 Å². The molecule has 0 bridgehead atoms. The molecule has 9 heteroatoms. The van der Waals surface area contributed by atoms with Crippen molar-refractivity contribution in [3.8, 4) is 22.8 Å². The van der Waals surface area contributed by atoms with Crippen molar-refractivity contribution < 1.29 is 19.5 Å². The van der Waals surface area contributed by atoms with E-state index in [1.54, 1.807) is 12.4 Å². The molecule has 166 valence electrons. The maximum Gasteiger partial charge on any atom is 2.00 e. The van der Waals surface area contributed by atoms with Crippen molar-refractivity contribution in [2.75, 3.05) is 0 Å². The molecule has 4 aromatic rings. The molecule has 0 amide bonds. The molecule has 0 saturated heterocycles. The minimum Gasteiger partial charge on any atom is -0.753 e. The zero-order chi connectivity index (χ0) is 23.6. The van der Waals surface area contributed by atoms with Gasteiger partial charge < -0.3 is 10.8 Å². The first kappa shape index (κ1) is 29.8. The summed E-state index contributed by atoms with van der Waals surface area (Å²) in [7, 11) is 0. The van der Waals surface area contributed by atoms with E-state index in [4.69, 9.17) is 10.8 Å². The maximum atomic E-state index is 7.13. The molecule has 0 aliphatic heterocycles. The monoisotopic (exact) mass is 558 g/mol. The van der Waals surface area contributed by atoms with Gasteiger partial charge in [-0.05, 0) is 73.5 Å². The smallest absolute Gasteiger partial charge is 0.753 e. The SMILES string of the molecule is Cc1ccnc(-c2cc(C)ccn2)c1.[N-]=C=S.[N-]=C=S.[Ru+2].c1ccc(-c2ccccn2)nc1. The van der Waals surface area contributed by atoms with E-state index in [-0.39, 0.29) is 19.5 Å². The summed E-state index contributed by atoms with van der Waals surface area (Å²) in [6.45, 7) is 4.11. The number of thiocarbonyl (C=S) groups is 2. The summed E-state index contributed by atoms with van der Waals surface area (Å²) in [6, 6.07) is 19.7. The average molecular weight is 558 g/mol. The van der Waals surface area contributed by atoms with Crippen LogP contribution in [0.5, 0.6) is 0 Å². The molecule has 0 saturated carbocycles. The van der Waals surface area contributed by atoms with E-state index in [0.29, 0.717) is 0 Å².